The lowest BCUT2D eigenvalue weighted by Gasteiger charge is -2.15. The number of aromatic carboxylic acids is 1. The van der Waals surface area contributed by atoms with E-state index in [1.54, 1.807) is 31.2 Å². The summed E-state index contributed by atoms with van der Waals surface area (Å²) in [5, 5.41) is 23.1. The summed E-state index contributed by atoms with van der Waals surface area (Å²) in [4.78, 5) is 24.4. The molecule has 7 nitrogen and oxygen atoms in total. The lowest BCUT2D eigenvalue weighted by Crippen LogP contribution is -2.28. The highest BCUT2D eigenvalue weighted by Crippen LogP contribution is 2.29. The number of carboxylic acids is 1. The van der Waals surface area contributed by atoms with Gasteiger partial charge in [0, 0.05) is 35.3 Å². The van der Waals surface area contributed by atoms with Gasteiger partial charge < -0.3 is 21.5 Å². The minimum absolute atomic E-state index is 0.00222. The van der Waals surface area contributed by atoms with Gasteiger partial charge in [-0.3, -0.25) is 10.2 Å². The molecular weight excluding hydrogens is 440 g/mol. The van der Waals surface area contributed by atoms with Crippen LogP contribution in [0.5, 0.6) is 0 Å². The number of anilines is 1. The maximum absolute atomic E-state index is 12.4. The summed E-state index contributed by atoms with van der Waals surface area (Å²) in [6.45, 7) is 2.49. The minimum atomic E-state index is -1.12. The number of benzene rings is 3. The van der Waals surface area contributed by atoms with Gasteiger partial charge in [-0.25, -0.2) is 4.79 Å². The molecule has 3 aromatic rings. The standard InChI is InChI=1S/C25H25ClN4O3/c1-15(26)13-30-24(31)17-8-11-21(22(12-17)25(32)33)20-5-3-2-4-18(20)14-29-19-9-6-16(7-10-19)23(27)28/h2-12,15,29H,13-14H2,1H3,(H3,27,28)(H,30,31)(H,32,33). The number of carbonyl (C=O) groups excluding carboxylic acids is 1. The first kappa shape index (κ1) is 23.8. The van der Waals surface area contributed by atoms with Crippen LogP contribution < -0.4 is 16.4 Å². The van der Waals surface area contributed by atoms with Crippen LogP contribution in [-0.2, 0) is 6.54 Å². The lowest BCUT2D eigenvalue weighted by molar-refractivity contribution is 0.0697. The number of nitrogen functional groups attached to an aromatic ring is 1. The number of amidine groups is 1. The monoisotopic (exact) mass is 464 g/mol. The molecule has 0 aromatic heterocycles. The molecule has 0 aliphatic rings. The molecule has 3 aromatic carbocycles. The van der Waals surface area contributed by atoms with Crippen LogP contribution in [-0.4, -0.2) is 34.7 Å². The Morgan fingerprint density at radius 2 is 1.70 bits per heavy atom. The maximum Gasteiger partial charge on any atom is 0.336 e. The van der Waals surface area contributed by atoms with Crippen molar-refractivity contribution < 1.29 is 14.7 Å². The van der Waals surface area contributed by atoms with Gasteiger partial charge in [0.1, 0.15) is 5.84 Å². The normalized spacial score (nSPS) is 11.5. The summed E-state index contributed by atoms with van der Waals surface area (Å²) in [7, 11) is 0. The third kappa shape index (κ3) is 6.11. The average molecular weight is 465 g/mol. The van der Waals surface area contributed by atoms with E-state index in [0.29, 0.717) is 17.7 Å². The van der Waals surface area contributed by atoms with Gasteiger partial charge in [-0.2, -0.15) is 0 Å². The van der Waals surface area contributed by atoms with Gasteiger partial charge in [0.15, 0.2) is 0 Å². The molecule has 1 unspecified atom stereocenters. The molecule has 0 fully saturated rings. The Hall–Kier alpha value is -3.84. The largest absolute Gasteiger partial charge is 0.478 e. The van der Waals surface area contributed by atoms with Crippen molar-refractivity contribution in [3.8, 4) is 11.1 Å². The molecule has 33 heavy (non-hydrogen) atoms. The molecule has 0 bridgehead atoms. The molecular formula is C25H25ClN4O3. The van der Waals surface area contributed by atoms with Crippen LogP contribution in [0.1, 0.15) is 38.8 Å². The first-order valence-electron chi connectivity index (χ1n) is 10.3. The molecule has 0 saturated heterocycles. The van der Waals surface area contributed by atoms with Gasteiger partial charge in [-0.15, -0.1) is 11.6 Å². The number of carboxylic acid groups (broad SMARTS) is 1. The summed E-state index contributed by atoms with van der Waals surface area (Å²) in [6, 6.07) is 19.3. The van der Waals surface area contributed by atoms with E-state index in [2.05, 4.69) is 10.6 Å². The van der Waals surface area contributed by atoms with Crippen LogP contribution in [0.25, 0.3) is 11.1 Å². The van der Waals surface area contributed by atoms with Crippen molar-refractivity contribution in [3.05, 3.63) is 89.0 Å². The summed E-state index contributed by atoms with van der Waals surface area (Å²) in [5.74, 6) is -1.49. The van der Waals surface area contributed by atoms with Gasteiger partial charge >= 0.3 is 5.97 Å². The Morgan fingerprint density at radius 1 is 1.03 bits per heavy atom. The van der Waals surface area contributed by atoms with Gasteiger partial charge in [0.25, 0.3) is 5.91 Å². The van der Waals surface area contributed by atoms with Crippen molar-refractivity contribution in [1.82, 2.24) is 5.32 Å². The lowest BCUT2D eigenvalue weighted by atomic mass is 9.93. The van der Waals surface area contributed by atoms with E-state index in [4.69, 9.17) is 22.7 Å². The maximum atomic E-state index is 12.4. The van der Waals surface area contributed by atoms with Crippen molar-refractivity contribution in [2.45, 2.75) is 18.8 Å². The third-order valence-corrected chi connectivity index (χ3v) is 5.20. The van der Waals surface area contributed by atoms with Crippen LogP contribution in [0.15, 0.2) is 66.7 Å². The number of rotatable bonds is 9. The van der Waals surface area contributed by atoms with Crippen LogP contribution in [0.2, 0.25) is 0 Å². The molecule has 8 heteroatoms. The second-order valence-corrected chi connectivity index (χ2v) is 8.30. The van der Waals surface area contributed by atoms with Crippen LogP contribution in [0.3, 0.4) is 0 Å². The molecule has 1 atom stereocenters. The van der Waals surface area contributed by atoms with E-state index in [9.17, 15) is 14.7 Å². The molecule has 0 heterocycles. The molecule has 0 radical (unpaired) electrons. The highest BCUT2D eigenvalue weighted by atomic mass is 35.5. The summed E-state index contributed by atoms with van der Waals surface area (Å²) < 4.78 is 0. The molecule has 0 spiro atoms. The molecule has 6 N–H and O–H groups in total. The second-order valence-electron chi connectivity index (χ2n) is 7.56. The van der Waals surface area contributed by atoms with Crippen molar-refractivity contribution in [3.63, 3.8) is 0 Å². The Balaban J connectivity index is 1.87. The molecule has 0 aliphatic heterocycles. The van der Waals surface area contributed by atoms with Gasteiger partial charge in [0.05, 0.1) is 5.56 Å². The van der Waals surface area contributed by atoms with E-state index >= 15 is 0 Å². The molecule has 170 valence electrons. The number of hydrogen-bond donors (Lipinski definition) is 5. The average Bonchev–Trinajstić information content (AvgIpc) is 2.81. The zero-order valence-electron chi connectivity index (χ0n) is 18.1. The quantitative estimate of drug-likeness (QED) is 0.183. The van der Waals surface area contributed by atoms with E-state index in [-0.39, 0.29) is 34.8 Å². The molecule has 0 saturated carbocycles. The van der Waals surface area contributed by atoms with Gasteiger partial charge in [-0.1, -0.05) is 30.3 Å². The highest BCUT2D eigenvalue weighted by molar-refractivity contribution is 6.20. The number of nitrogens with one attached hydrogen (secondary N) is 3. The minimum Gasteiger partial charge on any atom is -0.478 e. The molecule has 1 amide bonds. The Bertz CT molecular complexity index is 1180. The van der Waals surface area contributed by atoms with Crippen LogP contribution in [0, 0.1) is 5.41 Å². The van der Waals surface area contributed by atoms with E-state index in [0.717, 1.165) is 16.8 Å². The van der Waals surface area contributed by atoms with Crippen LogP contribution >= 0.6 is 11.6 Å². The van der Waals surface area contributed by atoms with Crippen molar-refractivity contribution in [2.75, 3.05) is 11.9 Å². The summed E-state index contributed by atoms with van der Waals surface area (Å²) >= 11 is 5.88. The van der Waals surface area contributed by atoms with Gasteiger partial charge in [0.2, 0.25) is 0 Å². The first-order chi connectivity index (χ1) is 15.8. The van der Waals surface area contributed by atoms with Crippen molar-refractivity contribution in [1.29, 1.82) is 5.41 Å². The smallest absolute Gasteiger partial charge is 0.336 e. The Morgan fingerprint density at radius 3 is 2.33 bits per heavy atom. The summed E-state index contributed by atoms with van der Waals surface area (Å²) in [6.07, 6.45) is 0. The van der Waals surface area contributed by atoms with E-state index in [1.165, 1.54) is 6.07 Å². The summed E-state index contributed by atoms with van der Waals surface area (Å²) in [5.41, 5.74) is 9.44. The number of carbonyl (C=O) groups is 2. The number of alkyl halides is 1. The Kier molecular flexibility index (Phi) is 7.69. The number of nitrogens with two attached hydrogens (primary N) is 1. The fraction of sp³-hybridized carbons (Fsp3) is 0.160. The molecule has 0 aliphatic carbocycles. The number of amides is 1. The second kappa shape index (κ2) is 10.7. The van der Waals surface area contributed by atoms with Crippen molar-refractivity contribution in [2.24, 2.45) is 5.73 Å². The third-order valence-electron chi connectivity index (χ3n) is 5.04. The van der Waals surface area contributed by atoms with E-state index < -0.39 is 5.97 Å². The number of halogens is 1. The van der Waals surface area contributed by atoms with E-state index in [1.807, 2.05) is 36.4 Å². The first-order valence-corrected chi connectivity index (χ1v) is 10.8. The highest BCUT2D eigenvalue weighted by Gasteiger charge is 2.17. The SMILES string of the molecule is CC(Cl)CNC(=O)c1ccc(-c2ccccc2CNc2ccc(C(=N)N)cc2)c(C(=O)O)c1. The Labute approximate surface area is 197 Å². The predicted octanol–water partition coefficient (Wildman–Crippen LogP) is 4.31. The predicted molar refractivity (Wildman–Crippen MR) is 131 cm³/mol. The van der Waals surface area contributed by atoms with Crippen molar-refractivity contribution >= 4 is 35.0 Å². The zero-order valence-corrected chi connectivity index (χ0v) is 18.8. The number of hydrogen-bond acceptors (Lipinski definition) is 4. The molecule has 3 rings (SSSR count). The van der Waals surface area contributed by atoms with Gasteiger partial charge in [-0.05, 0) is 60.0 Å². The topological polar surface area (TPSA) is 128 Å². The fourth-order valence-corrected chi connectivity index (χ4v) is 3.41. The fourth-order valence-electron chi connectivity index (χ4n) is 3.33. The zero-order chi connectivity index (χ0) is 24.0. The van der Waals surface area contributed by atoms with Crippen LogP contribution in [0.4, 0.5) is 5.69 Å².